The summed E-state index contributed by atoms with van der Waals surface area (Å²) in [5.74, 6) is 0.672. The van der Waals surface area contributed by atoms with Crippen LogP contribution in [0.1, 0.15) is 36.2 Å². The molecule has 3 rings (SSSR count). The summed E-state index contributed by atoms with van der Waals surface area (Å²) in [6, 6.07) is 10.5. The lowest BCUT2D eigenvalue weighted by Crippen LogP contribution is -2.01. The number of carbonyl (C=O) groups excluding carboxylic acids is 1. The lowest BCUT2D eigenvalue weighted by Gasteiger charge is -2.07. The van der Waals surface area contributed by atoms with Crippen LogP contribution in [0.5, 0.6) is 11.6 Å². The van der Waals surface area contributed by atoms with E-state index in [1.807, 2.05) is 19.1 Å². The molecule has 0 saturated carbocycles. The van der Waals surface area contributed by atoms with E-state index in [0.29, 0.717) is 34.7 Å². The smallest absolute Gasteiger partial charge is 0.295 e. The van der Waals surface area contributed by atoms with Crippen molar-refractivity contribution in [3.05, 3.63) is 52.0 Å². The number of ether oxygens (including phenoxy) is 1. The number of rotatable bonds is 6. The molecule has 0 spiro atoms. The molecule has 0 aliphatic heterocycles. The minimum Gasteiger partial charge on any atom is -0.494 e. The number of hydrogen-bond donors (Lipinski definition) is 2. The average Bonchev–Trinajstić information content (AvgIpc) is 2.94. The highest BCUT2D eigenvalue weighted by atomic mass is 79.9. The van der Waals surface area contributed by atoms with Crippen molar-refractivity contribution in [2.45, 2.75) is 27.2 Å². The molecule has 6 nitrogen and oxygen atoms in total. The molecule has 0 aliphatic rings. The molecule has 1 amide bonds. The Hall–Kier alpha value is -2.67. The van der Waals surface area contributed by atoms with Gasteiger partial charge >= 0.3 is 0 Å². The maximum absolute atomic E-state index is 12.3. The van der Waals surface area contributed by atoms with Crippen molar-refractivity contribution in [1.29, 1.82) is 0 Å². The molecule has 146 valence electrons. The standard InChI is InChI=1S/C21H22BrN3O3/c1-12(2)8-9-28-15-6-4-14(5-7-15)20(26)25-24-19-16-10-13(3)17(22)11-18(16)23-21(19)27/h4-7,10-12,23,27H,8-9H2,1-3H3. The van der Waals surface area contributed by atoms with Gasteiger partial charge in [-0.3, -0.25) is 4.79 Å². The summed E-state index contributed by atoms with van der Waals surface area (Å²) in [5.41, 5.74) is 2.34. The van der Waals surface area contributed by atoms with Gasteiger partial charge in [-0.25, -0.2) is 0 Å². The third kappa shape index (κ3) is 4.59. The summed E-state index contributed by atoms with van der Waals surface area (Å²) < 4.78 is 6.56. The Morgan fingerprint density at radius 2 is 1.96 bits per heavy atom. The number of aromatic hydroxyl groups is 1. The first-order valence-corrected chi connectivity index (χ1v) is 9.84. The van der Waals surface area contributed by atoms with Crippen molar-refractivity contribution in [1.82, 2.24) is 4.98 Å². The number of amides is 1. The number of benzene rings is 2. The van der Waals surface area contributed by atoms with Gasteiger partial charge in [0.15, 0.2) is 5.69 Å². The number of nitrogens with one attached hydrogen (secondary N) is 1. The predicted octanol–water partition coefficient (Wildman–Crippen LogP) is 6.29. The second-order valence-electron chi connectivity index (χ2n) is 7.03. The largest absolute Gasteiger partial charge is 0.494 e. The molecule has 0 unspecified atom stereocenters. The van der Waals surface area contributed by atoms with Gasteiger partial charge in [-0.15, -0.1) is 10.2 Å². The highest BCUT2D eigenvalue weighted by Crippen LogP contribution is 2.37. The van der Waals surface area contributed by atoms with E-state index in [1.165, 1.54) is 0 Å². The Morgan fingerprint density at radius 3 is 2.64 bits per heavy atom. The van der Waals surface area contributed by atoms with Crippen LogP contribution in [0.3, 0.4) is 0 Å². The highest BCUT2D eigenvalue weighted by Gasteiger charge is 2.13. The monoisotopic (exact) mass is 443 g/mol. The average molecular weight is 444 g/mol. The molecular formula is C21H22BrN3O3. The van der Waals surface area contributed by atoms with Gasteiger partial charge in [0, 0.05) is 15.4 Å². The maximum atomic E-state index is 12.3. The van der Waals surface area contributed by atoms with Gasteiger partial charge in [0.05, 0.1) is 12.1 Å². The topological polar surface area (TPSA) is 87.0 Å². The summed E-state index contributed by atoms with van der Waals surface area (Å²) >= 11 is 3.45. The predicted molar refractivity (Wildman–Crippen MR) is 113 cm³/mol. The van der Waals surface area contributed by atoms with E-state index in [0.717, 1.165) is 16.5 Å². The first-order valence-electron chi connectivity index (χ1n) is 9.05. The van der Waals surface area contributed by atoms with Gasteiger partial charge in [-0.05, 0) is 61.2 Å². The quantitative estimate of drug-likeness (QED) is 0.438. The number of hydrogen-bond acceptors (Lipinski definition) is 4. The van der Waals surface area contributed by atoms with E-state index in [4.69, 9.17) is 4.74 Å². The number of azo groups is 1. The van der Waals surface area contributed by atoms with Crippen LogP contribution in [0.4, 0.5) is 5.69 Å². The Bertz CT molecular complexity index is 1020. The molecule has 0 atom stereocenters. The number of nitrogens with zero attached hydrogens (tertiary/aromatic N) is 2. The van der Waals surface area contributed by atoms with Crippen LogP contribution < -0.4 is 4.74 Å². The molecule has 2 N–H and O–H groups in total. The molecule has 0 radical (unpaired) electrons. The van der Waals surface area contributed by atoms with Crippen LogP contribution in [0.25, 0.3) is 10.9 Å². The minimum absolute atomic E-state index is 0.127. The number of carbonyl (C=O) groups is 1. The van der Waals surface area contributed by atoms with Crippen molar-refractivity contribution in [3.8, 4) is 11.6 Å². The molecule has 0 saturated heterocycles. The highest BCUT2D eigenvalue weighted by molar-refractivity contribution is 9.10. The molecule has 2 aromatic carbocycles. The Labute approximate surface area is 171 Å². The molecular weight excluding hydrogens is 422 g/mol. The van der Waals surface area contributed by atoms with E-state index < -0.39 is 5.91 Å². The van der Waals surface area contributed by atoms with Crippen LogP contribution in [0.15, 0.2) is 51.1 Å². The molecule has 28 heavy (non-hydrogen) atoms. The van der Waals surface area contributed by atoms with Gasteiger partial charge in [-0.1, -0.05) is 29.8 Å². The summed E-state index contributed by atoms with van der Waals surface area (Å²) in [7, 11) is 0. The van der Waals surface area contributed by atoms with Crippen LogP contribution in [-0.2, 0) is 0 Å². The van der Waals surface area contributed by atoms with Crippen LogP contribution >= 0.6 is 15.9 Å². The van der Waals surface area contributed by atoms with Crippen LogP contribution in [-0.4, -0.2) is 22.6 Å². The lowest BCUT2D eigenvalue weighted by molar-refractivity contribution is 0.0995. The fourth-order valence-corrected chi connectivity index (χ4v) is 3.00. The van der Waals surface area contributed by atoms with E-state index in [-0.39, 0.29) is 11.6 Å². The number of halogens is 1. The van der Waals surface area contributed by atoms with Crippen molar-refractivity contribution >= 4 is 38.4 Å². The zero-order chi connectivity index (χ0) is 20.3. The number of H-pyrrole nitrogens is 1. The summed E-state index contributed by atoms with van der Waals surface area (Å²) in [6.07, 6.45) is 0.971. The fourth-order valence-electron chi connectivity index (χ4n) is 2.66. The number of aryl methyl sites for hydroxylation is 1. The van der Waals surface area contributed by atoms with Gasteiger partial charge in [0.1, 0.15) is 5.75 Å². The summed E-state index contributed by atoms with van der Waals surface area (Å²) in [4.78, 5) is 15.2. The normalized spacial score (nSPS) is 11.6. The van der Waals surface area contributed by atoms with Gasteiger partial charge in [-0.2, -0.15) is 0 Å². The Kier molecular flexibility index (Phi) is 6.14. The maximum Gasteiger partial charge on any atom is 0.295 e. The molecule has 7 heteroatoms. The zero-order valence-corrected chi connectivity index (χ0v) is 17.6. The number of fused-ring (bicyclic) bond motifs is 1. The van der Waals surface area contributed by atoms with Crippen molar-refractivity contribution in [3.63, 3.8) is 0 Å². The number of aromatic amines is 1. The molecule has 0 bridgehead atoms. The van der Waals surface area contributed by atoms with Crippen LogP contribution in [0.2, 0.25) is 0 Å². The van der Waals surface area contributed by atoms with E-state index in [9.17, 15) is 9.90 Å². The van der Waals surface area contributed by atoms with E-state index in [1.54, 1.807) is 24.3 Å². The van der Waals surface area contributed by atoms with Crippen molar-refractivity contribution in [2.75, 3.05) is 6.61 Å². The third-order valence-electron chi connectivity index (χ3n) is 4.34. The Balaban J connectivity index is 1.74. The second-order valence-corrected chi connectivity index (χ2v) is 7.88. The van der Waals surface area contributed by atoms with Crippen LogP contribution in [0, 0.1) is 12.8 Å². The molecule has 1 heterocycles. The summed E-state index contributed by atoms with van der Waals surface area (Å²) in [5, 5.41) is 18.6. The second kappa shape index (κ2) is 8.56. The molecule has 0 aliphatic carbocycles. The van der Waals surface area contributed by atoms with Gasteiger partial charge in [0.25, 0.3) is 5.91 Å². The zero-order valence-electron chi connectivity index (χ0n) is 16.0. The summed E-state index contributed by atoms with van der Waals surface area (Å²) in [6.45, 7) is 6.86. The molecule has 1 aromatic heterocycles. The SMILES string of the molecule is Cc1cc2c(N=NC(=O)c3ccc(OCCC(C)C)cc3)c(O)[nH]c2cc1Br. The molecule has 0 fully saturated rings. The number of aromatic nitrogens is 1. The lowest BCUT2D eigenvalue weighted by atomic mass is 10.1. The van der Waals surface area contributed by atoms with E-state index in [2.05, 4.69) is 45.0 Å². The van der Waals surface area contributed by atoms with Gasteiger partial charge in [0.2, 0.25) is 5.88 Å². The molecule has 3 aromatic rings. The minimum atomic E-state index is -0.490. The third-order valence-corrected chi connectivity index (χ3v) is 5.19. The van der Waals surface area contributed by atoms with Gasteiger partial charge < -0.3 is 14.8 Å². The van der Waals surface area contributed by atoms with E-state index >= 15 is 0 Å². The fraction of sp³-hybridized carbons (Fsp3) is 0.286. The van der Waals surface area contributed by atoms with Crippen molar-refractivity contribution in [2.24, 2.45) is 16.1 Å². The Morgan fingerprint density at radius 1 is 1.25 bits per heavy atom. The first kappa shape index (κ1) is 20.1. The van der Waals surface area contributed by atoms with Crippen molar-refractivity contribution < 1.29 is 14.6 Å². The first-order chi connectivity index (χ1) is 13.3.